The summed E-state index contributed by atoms with van der Waals surface area (Å²) < 4.78 is 0. The van der Waals surface area contributed by atoms with Crippen LogP contribution in [0.4, 0.5) is 11.5 Å². The van der Waals surface area contributed by atoms with E-state index in [9.17, 15) is 4.79 Å². The van der Waals surface area contributed by atoms with Gasteiger partial charge in [0.2, 0.25) is 0 Å². The van der Waals surface area contributed by atoms with Crippen molar-refractivity contribution in [3.8, 4) is 0 Å². The zero-order chi connectivity index (χ0) is 16.9. The normalized spacial score (nSPS) is 14.5. The molecule has 1 aliphatic rings. The van der Waals surface area contributed by atoms with Gasteiger partial charge in [-0.2, -0.15) is 0 Å². The highest BCUT2D eigenvalue weighted by Crippen LogP contribution is 2.22. The van der Waals surface area contributed by atoms with Gasteiger partial charge in [-0.05, 0) is 44.7 Å². The Kier molecular flexibility index (Phi) is 5.08. The Labute approximate surface area is 143 Å². The van der Waals surface area contributed by atoms with E-state index < -0.39 is 0 Å². The molecule has 0 N–H and O–H groups in total. The second-order valence-corrected chi connectivity index (χ2v) is 6.15. The largest absolute Gasteiger partial charge is 0.357 e. The smallest absolute Gasteiger partial charge is 0.277 e. The summed E-state index contributed by atoms with van der Waals surface area (Å²) in [6, 6.07) is 9.76. The number of hydrogen-bond acceptors (Lipinski definition) is 4. The van der Waals surface area contributed by atoms with Crippen molar-refractivity contribution in [1.82, 2.24) is 9.97 Å². The molecule has 126 valence electrons. The number of aryl methyl sites for hydroxylation is 1. The number of aromatic nitrogens is 2. The summed E-state index contributed by atoms with van der Waals surface area (Å²) in [4.78, 5) is 25.6. The van der Waals surface area contributed by atoms with E-state index in [4.69, 9.17) is 0 Å². The average Bonchev–Trinajstić information content (AvgIpc) is 2.64. The van der Waals surface area contributed by atoms with Crippen molar-refractivity contribution in [3.05, 3.63) is 47.9 Å². The molecule has 3 rings (SSSR count). The second kappa shape index (κ2) is 7.43. The first kappa shape index (κ1) is 16.4. The van der Waals surface area contributed by atoms with Crippen molar-refractivity contribution in [3.63, 3.8) is 0 Å². The summed E-state index contributed by atoms with van der Waals surface area (Å²) in [5.74, 6) is 0.779. The highest BCUT2D eigenvalue weighted by atomic mass is 16.2. The average molecular weight is 324 g/mol. The van der Waals surface area contributed by atoms with Crippen LogP contribution in [0.25, 0.3) is 0 Å². The molecule has 0 aliphatic carbocycles. The van der Waals surface area contributed by atoms with Crippen LogP contribution in [-0.2, 0) is 0 Å². The number of hydrogen-bond donors (Lipinski definition) is 0. The molecular weight excluding hydrogens is 300 g/mol. The monoisotopic (exact) mass is 324 g/mol. The molecule has 5 heteroatoms. The number of rotatable bonds is 4. The summed E-state index contributed by atoms with van der Waals surface area (Å²) in [5.41, 5.74) is 2.47. The third-order valence-corrected chi connectivity index (χ3v) is 4.52. The Morgan fingerprint density at radius 1 is 1.17 bits per heavy atom. The molecule has 0 unspecified atom stereocenters. The molecule has 1 fully saturated rings. The highest BCUT2D eigenvalue weighted by Gasteiger charge is 2.21. The molecule has 1 aliphatic heterocycles. The van der Waals surface area contributed by atoms with Crippen LogP contribution in [-0.4, -0.2) is 35.5 Å². The zero-order valence-corrected chi connectivity index (χ0v) is 14.4. The maximum absolute atomic E-state index is 13.0. The molecule has 2 heterocycles. The molecule has 0 radical (unpaired) electrons. The van der Waals surface area contributed by atoms with Crippen molar-refractivity contribution in [2.45, 2.75) is 33.1 Å². The highest BCUT2D eigenvalue weighted by molar-refractivity contribution is 6.05. The number of carbonyl (C=O) groups is 1. The van der Waals surface area contributed by atoms with Crippen LogP contribution in [0.1, 0.15) is 42.2 Å². The van der Waals surface area contributed by atoms with Crippen LogP contribution in [0.5, 0.6) is 0 Å². The van der Waals surface area contributed by atoms with E-state index in [0.717, 1.165) is 30.2 Å². The van der Waals surface area contributed by atoms with Crippen molar-refractivity contribution in [1.29, 1.82) is 0 Å². The fraction of sp³-hybridized carbons (Fsp3) is 0.421. The van der Waals surface area contributed by atoms with Gasteiger partial charge in [0.1, 0.15) is 17.8 Å². The Balaban J connectivity index is 1.87. The second-order valence-electron chi connectivity index (χ2n) is 6.15. The maximum Gasteiger partial charge on any atom is 0.277 e. The van der Waals surface area contributed by atoms with E-state index in [0.29, 0.717) is 12.2 Å². The van der Waals surface area contributed by atoms with Gasteiger partial charge in [-0.1, -0.05) is 18.2 Å². The first-order valence-electron chi connectivity index (χ1n) is 8.65. The summed E-state index contributed by atoms with van der Waals surface area (Å²) in [5, 5.41) is 0. The van der Waals surface area contributed by atoms with Crippen LogP contribution in [0.2, 0.25) is 0 Å². The van der Waals surface area contributed by atoms with Gasteiger partial charge in [-0.3, -0.25) is 4.79 Å². The third-order valence-electron chi connectivity index (χ3n) is 4.52. The molecule has 1 aromatic carbocycles. The van der Waals surface area contributed by atoms with Crippen molar-refractivity contribution >= 4 is 17.4 Å². The molecule has 5 nitrogen and oxygen atoms in total. The van der Waals surface area contributed by atoms with Crippen molar-refractivity contribution < 1.29 is 4.79 Å². The third kappa shape index (κ3) is 3.40. The molecule has 24 heavy (non-hydrogen) atoms. The molecule has 0 spiro atoms. The van der Waals surface area contributed by atoms with Gasteiger partial charge < -0.3 is 9.80 Å². The standard InChI is InChI=1S/C19H24N4O/c1-3-23(17-10-6-5-9-15(17)2)19(24)16-13-18(21-14-20-16)22-11-7-4-8-12-22/h5-6,9-10,13-14H,3-4,7-8,11-12H2,1-2H3. The molecule has 1 aromatic heterocycles. The van der Waals surface area contributed by atoms with Crippen LogP contribution in [0.3, 0.4) is 0 Å². The van der Waals surface area contributed by atoms with E-state index in [1.165, 1.54) is 25.6 Å². The number of anilines is 2. The van der Waals surface area contributed by atoms with Crippen LogP contribution >= 0.6 is 0 Å². The van der Waals surface area contributed by atoms with Gasteiger partial charge in [0.05, 0.1) is 0 Å². The number of nitrogens with zero attached hydrogens (tertiary/aromatic N) is 4. The molecule has 0 atom stereocenters. The van der Waals surface area contributed by atoms with E-state index in [2.05, 4.69) is 14.9 Å². The van der Waals surface area contributed by atoms with Gasteiger partial charge in [-0.25, -0.2) is 9.97 Å². The summed E-state index contributed by atoms with van der Waals surface area (Å²) >= 11 is 0. The Morgan fingerprint density at radius 3 is 2.62 bits per heavy atom. The number of carbonyl (C=O) groups excluding carboxylic acids is 1. The lowest BCUT2D eigenvalue weighted by atomic mass is 10.1. The summed E-state index contributed by atoms with van der Waals surface area (Å²) in [6.45, 7) is 6.61. The summed E-state index contributed by atoms with van der Waals surface area (Å²) in [7, 11) is 0. The fourth-order valence-corrected chi connectivity index (χ4v) is 3.19. The van der Waals surface area contributed by atoms with Crippen molar-refractivity contribution in [2.24, 2.45) is 0 Å². The Hall–Kier alpha value is -2.43. The van der Waals surface area contributed by atoms with Crippen LogP contribution < -0.4 is 9.80 Å². The predicted octanol–water partition coefficient (Wildman–Crippen LogP) is 3.44. The van der Waals surface area contributed by atoms with Gasteiger partial charge >= 0.3 is 0 Å². The molecule has 1 saturated heterocycles. The lowest BCUT2D eigenvalue weighted by Gasteiger charge is -2.28. The minimum Gasteiger partial charge on any atom is -0.357 e. The van der Waals surface area contributed by atoms with Gasteiger partial charge in [0, 0.05) is 31.4 Å². The number of piperidine rings is 1. The first-order valence-corrected chi connectivity index (χ1v) is 8.65. The first-order chi connectivity index (χ1) is 11.7. The quantitative estimate of drug-likeness (QED) is 0.864. The lowest BCUT2D eigenvalue weighted by molar-refractivity contribution is 0.0983. The predicted molar refractivity (Wildman–Crippen MR) is 96.6 cm³/mol. The Morgan fingerprint density at radius 2 is 1.92 bits per heavy atom. The van der Waals surface area contributed by atoms with E-state index in [1.54, 1.807) is 4.90 Å². The number of amides is 1. The zero-order valence-electron chi connectivity index (χ0n) is 14.4. The molecule has 0 bridgehead atoms. The minimum absolute atomic E-state index is 0.0764. The minimum atomic E-state index is -0.0764. The molecule has 2 aromatic rings. The fourth-order valence-electron chi connectivity index (χ4n) is 3.19. The number of benzene rings is 1. The van der Waals surface area contributed by atoms with Gasteiger partial charge in [0.25, 0.3) is 5.91 Å². The lowest BCUT2D eigenvalue weighted by Crippen LogP contribution is -2.33. The topological polar surface area (TPSA) is 49.3 Å². The molecular formula is C19H24N4O. The van der Waals surface area contributed by atoms with Crippen LogP contribution in [0, 0.1) is 6.92 Å². The number of para-hydroxylation sites is 1. The Bertz CT molecular complexity index is 710. The van der Waals surface area contributed by atoms with E-state index in [-0.39, 0.29) is 5.91 Å². The SMILES string of the molecule is CCN(C(=O)c1cc(N2CCCCC2)ncn1)c1ccccc1C. The van der Waals surface area contributed by atoms with Crippen LogP contribution in [0.15, 0.2) is 36.7 Å². The van der Waals surface area contributed by atoms with Gasteiger partial charge in [0.15, 0.2) is 0 Å². The van der Waals surface area contributed by atoms with E-state index >= 15 is 0 Å². The van der Waals surface area contributed by atoms with E-state index in [1.807, 2.05) is 44.2 Å². The molecule has 1 amide bonds. The summed E-state index contributed by atoms with van der Waals surface area (Å²) in [6.07, 6.45) is 5.13. The maximum atomic E-state index is 13.0. The molecule has 0 saturated carbocycles. The van der Waals surface area contributed by atoms with Crippen molar-refractivity contribution in [2.75, 3.05) is 29.4 Å². The van der Waals surface area contributed by atoms with Gasteiger partial charge in [-0.15, -0.1) is 0 Å².